The number of rotatable bonds is 3. The number of nitrogens with two attached hydrogens (primary N) is 1. The fourth-order valence-electron chi connectivity index (χ4n) is 4.98. The van der Waals surface area contributed by atoms with Crippen LogP contribution in [0.5, 0.6) is 0 Å². The summed E-state index contributed by atoms with van der Waals surface area (Å²) in [5.74, 6) is 0.947. The Morgan fingerprint density at radius 1 is 1.07 bits per heavy atom. The second-order valence-electron chi connectivity index (χ2n) is 8.40. The average molecular weight is 462 g/mol. The molecule has 3 heterocycles. The molecule has 3 aromatic rings. The largest absolute Gasteiger partial charge is 0.342 e. The van der Waals surface area contributed by atoms with Crippen LogP contribution in [0.3, 0.4) is 0 Å². The van der Waals surface area contributed by atoms with Gasteiger partial charge in [0.25, 0.3) is 0 Å². The molecule has 0 bridgehead atoms. The van der Waals surface area contributed by atoms with Crippen LogP contribution in [0.2, 0.25) is 10.0 Å². The van der Waals surface area contributed by atoms with Gasteiger partial charge in [0.1, 0.15) is 0 Å². The van der Waals surface area contributed by atoms with E-state index in [4.69, 9.17) is 33.9 Å². The van der Waals surface area contributed by atoms with Crippen molar-refractivity contribution in [2.45, 2.75) is 54.4 Å². The molecule has 1 unspecified atom stereocenters. The first-order valence-electron chi connectivity index (χ1n) is 10.5. The molecule has 2 fully saturated rings. The molecule has 5 rings (SSSR count). The van der Waals surface area contributed by atoms with Gasteiger partial charge in [-0.1, -0.05) is 53.9 Å². The van der Waals surface area contributed by atoms with Gasteiger partial charge in [-0.05, 0) is 43.2 Å². The molecule has 0 radical (unpaired) electrons. The lowest BCUT2D eigenvalue weighted by molar-refractivity contribution is 0.113. The maximum absolute atomic E-state index is 6.55. The van der Waals surface area contributed by atoms with E-state index < -0.39 is 0 Å². The quantitative estimate of drug-likeness (QED) is 0.543. The third-order valence-electron chi connectivity index (χ3n) is 6.78. The van der Waals surface area contributed by atoms with E-state index in [1.807, 2.05) is 30.7 Å². The van der Waals surface area contributed by atoms with Crippen LogP contribution < -0.4 is 10.6 Å². The van der Waals surface area contributed by atoms with E-state index in [2.05, 4.69) is 14.3 Å². The zero-order chi connectivity index (χ0) is 20.7. The summed E-state index contributed by atoms with van der Waals surface area (Å²) in [5.41, 5.74) is 7.75. The summed E-state index contributed by atoms with van der Waals surface area (Å²) in [5, 5.41) is 1.11. The Labute approximate surface area is 191 Å². The number of hydrogen-bond acceptors (Lipinski definition) is 5. The first-order valence-corrected chi connectivity index (χ1v) is 12.1. The van der Waals surface area contributed by atoms with Crippen molar-refractivity contribution in [2.24, 2.45) is 11.1 Å². The third kappa shape index (κ3) is 3.58. The minimum Gasteiger partial charge on any atom is -0.342 e. The number of nitrogens with zero attached hydrogens (tertiary/aromatic N) is 4. The molecule has 1 saturated carbocycles. The standard InChI is InChI=1S/C22H25Cl2N5S/c23-15-4-3-5-16(19(15)24)30-17-14-27-21(29-13-10-26-20(17)29)28-11-8-22(9-12-28)7-2-1-6-18(22)25/h3-5,10,13-14,18H,1-2,6-9,11-12,25H2. The molecule has 1 spiro atoms. The molecule has 1 atom stereocenters. The highest BCUT2D eigenvalue weighted by Gasteiger charge is 2.41. The summed E-state index contributed by atoms with van der Waals surface area (Å²) in [6.45, 7) is 1.97. The van der Waals surface area contributed by atoms with E-state index in [-0.39, 0.29) is 0 Å². The highest BCUT2D eigenvalue weighted by atomic mass is 35.5. The third-order valence-corrected chi connectivity index (χ3v) is 8.78. The van der Waals surface area contributed by atoms with Gasteiger partial charge in [0.2, 0.25) is 5.95 Å². The lowest BCUT2D eigenvalue weighted by atomic mass is 9.65. The molecule has 8 heteroatoms. The number of benzene rings is 1. The number of piperidine rings is 1. The zero-order valence-electron chi connectivity index (χ0n) is 16.7. The Kier molecular flexibility index (Phi) is 5.60. The first kappa shape index (κ1) is 20.4. The lowest BCUT2D eigenvalue weighted by Gasteiger charge is -2.48. The summed E-state index contributed by atoms with van der Waals surface area (Å²) >= 11 is 14.1. The normalized spacial score (nSPS) is 21.4. The van der Waals surface area contributed by atoms with Crippen molar-refractivity contribution in [2.75, 3.05) is 18.0 Å². The summed E-state index contributed by atoms with van der Waals surface area (Å²) in [6.07, 6.45) is 13.0. The number of anilines is 1. The van der Waals surface area contributed by atoms with Gasteiger partial charge < -0.3 is 10.6 Å². The SMILES string of the molecule is NC1CCCCC12CCN(c1ncc(Sc3cccc(Cl)c3Cl)c3nccn13)CC2. The van der Waals surface area contributed by atoms with Crippen LogP contribution >= 0.6 is 35.0 Å². The van der Waals surface area contributed by atoms with Gasteiger partial charge in [-0.3, -0.25) is 4.40 Å². The van der Waals surface area contributed by atoms with E-state index in [0.717, 1.165) is 47.3 Å². The van der Waals surface area contributed by atoms with Crippen LogP contribution in [0.4, 0.5) is 5.95 Å². The second-order valence-corrected chi connectivity index (χ2v) is 10.3. The van der Waals surface area contributed by atoms with Gasteiger partial charge in [0.05, 0.1) is 14.9 Å². The van der Waals surface area contributed by atoms with E-state index in [0.29, 0.717) is 21.5 Å². The predicted octanol–water partition coefficient (Wildman–Crippen LogP) is 5.68. The van der Waals surface area contributed by atoms with Crippen molar-refractivity contribution in [3.8, 4) is 0 Å². The van der Waals surface area contributed by atoms with E-state index in [1.54, 1.807) is 6.07 Å². The Bertz CT molecular complexity index is 1060. The van der Waals surface area contributed by atoms with E-state index in [1.165, 1.54) is 37.4 Å². The number of fused-ring (bicyclic) bond motifs is 1. The van der Waals surface area contributed by atoms with Gasteiger partial charge in [-0.15, -0.1) is 0 Å². The predicted molar refractivity (Wildman–Crippen MR) is 124 cm³/mol. The Balaban J connectivity index is 1.40. The molecule has 5 nitrogen and oxygen atoms in total. The number of aromatic nitrogens is 3. The second kappa shape index (κ2) is 8.23. The molecule has 1 aromatic carbocycles. The maximum Gasteiger partial charge on any atom is 0.211 e. The summed E-state index contributed by atoms with van der Waals surface area (Å²) in [6, 6.07) is 6.00. The fourth-order valence-corrected chi connectivity index (χ4v) is 6.38. The van der Waals surface area contributed by atoms with Crippen molar-refractivity contribution in [3.05, 3.63) is 46.8 Å². The van der Waals surface area contributed by atoms with Crippen molar-refractivity contribution >= 4 is 46.6 Å². The molecular weight excluding hydrogens is 437 g/mol. The number of hydrogen-bond donors (Lipinski definition) is 1. The van der Waals surface area contributed by atoms with Crippen LogP contribution in [-0.4, -0.2) is 33.5 Å². The van der Waals surface area contributed by atoms with Crippen molar-refractivity contribution in [3.63, 3.8) is 0 Å². The molecule has 0 amide bonds. The molecule has 30 heavy (non-hydrogen) atoms. The minimum atomic E-state index is 0.321. The highest BCUT2D eigenvalue weighted by molar-refractivity contribution is 7.99. The number of halogens is 2. The first-order chi connectivity index (χ1) is 14.6. The molecular formula is C22H25Cl2N5S. The van der Waals surface area contributed by atoms with Crippen molar-refractivity contribution < 1.29 is 0 Å². The molecule has 1 saturated heterocycles. The zero-order valence-corrected chi connectivity index (χ0v) is 19.1. The monoisotopic (exact) mass is 461 g/mol. The smallest absolute Gasteiger partial charge is 0.211 e. The van der Waals surface area contributed by atoms with Gasteiger partial charge >= 0.3 is 0 Å². The van der Waals surface area contributed by atoms with Crippen molar-refractivity contribution in [1.29, 1.82) is 0 Å². The minimum absolute atomic E-state index is 0.321. The summed E-state index contributed by atoms with van der Waals surface area (Å²) in [4.78, 5) is 13.7. The van der Waals surface area contributed by atoms with Crippen LogP contribution in [-0.2, 0) is 0 Å². The van der Waals surface area contributed by atoms with Crippen molar-refractivity contribution in [1.82, 2.24) is 14.4 Å². The Hall–Kier alpha value is -1.47. The Morgan fingerprint density at radius 2 is 1.90 bits per heavy atom. The maximum atomic E-state index is 6.55. The van der Waals surface area contributed by atoms with Crippen LogP contribution in [0, 0.1) is 5.41 Å². The Morgan fingerprint density at radius 3 is 2.70 bits per heavy atom. The van der Waals surface area contributed by atoms with Gasteiger partial charge in [-0.2, -0.15) is 0 Å². The van der Waals surface area contributed by atoms with Gasteiger partial charge in [0, 0.05) is 42.6 Å². The number of imidazole rings is 1. The van der Waals surface area contributed by atoms with E-state index >= 15 is 0 Å². The van der Waals surface area contributed by atoms with E-state index in [9.17, 15) is 0 Å². The highest BCUT2D eigenvalue weighted by Crippen LogP contribution is 2.45. The molecule has 158 valence electrons. The van der Waals surface area contributed by atoms with Crippen LogP contribution in [0.15, 0.2) is 46.6 Å². The van der Waals surface area contributed by atoms with Crippen LogP contribution in [0.25, 0.3) is 5.65 Å². The molecule has 2 N–H and O–H groups in total. The summed E-state index contributed by atoms with van der Waals surface area (Å²) in [7, 11) is 0. The van der Waals surface area contributed by atoms with Gasteiger partial charge in [-0.25, -0.2) is 9.97 Å². The lowest BCUT2D eigenvalue weighted by Crippen LogP contribution is -2.51. The topological polar surface area (TPSA) is 59.5 Å². The summed E-state index contributed by atoms with van der Waals surface area (Å²) < 4.78 is 2.08. The van der Waals surface area contributed by atoms with Crippen LogP contribution in [0.1, 0.15) is 38.5 Å². The molecule has 1 aliphatic carbocycles. The van der Waals surface area contributed by atoms with Gasteiger partial charge in [0.15, 0.2) is 5.65 Å². The molecule has 2 aromatic heterocycles. The molecule has 2 aliphatic rings. The molecule has 1 aliphatic heterocycles. The average Bonchev–Trinajstić information content (AvgIpc) is 3.25. The fraction of sp³-hybridized carbons (Fsp3) is 0.455.